The number of hydrogen-bond acceptors (Lipinski definition) is 7. The first kappa shape index (κ1) is 18.5. The molecule has 0 saturated carbocycles. The molecule has 1 unspecified atom stereocenters. The summed E-state index contributed by atoms with van der Waals surface area (Å²) in [4.78, 5) is 24.7. The molecule has 0 spiro atoms. The summed E-state index contributed by atoms with van der Waals surface area (Å²) >= 11 is -2.35. The normalized spacial score (nSPS) is 16.5. The average molecular weight is 356 g/mol. The third-order valence-corrected chi connectivity index (χ3v) is 4.17. The molecule has 24 heavy (non-hydrogen) atoms. The van der Waals surface area contributed by atoms with E-state index in [1.54, 1.807) is 0 Å². The number of nitrogens with one attached hydrogen (secondary N) is 1. The number of rotatable bonds is 7. The average Bonchev–Trinajstić information content (AvgIpc) is 2.55. The number of morpholine rings is 1. The molecule has 2 rings (SSSR count). The monoisotopic (exact) mass is 356 g/mol. The van der Waals surface area contributed by atoms with E-state index >= 15 is 0 Å². The van der Waals surface area contributed by atoms with Gasteiger partial charge in [-0.25, -0.2) is 0 Å². The molecule has 1 aliphatic heterocycles. The van der Waals surface area contributed by atoms with Gasteiger partial charge in [-0.15, -0.1) is 0 Å². The molecule has 1 amide bonds. The topological polar surface area (TPSA) is 125 Å². The van der Waals surface area contributed by atoms with Gasteiger partial charge in [0.2, 0.25) is 0 Å². The molecule has 10 heteroatoms. The molecule has 1 heterocycles. The molecule has 1 atom stereocenters. The number of hydrogen-bond donors (Lipinski definition) is 1. The summed E-state index contributed by atoms with van der Waals surface area (Å²) in [7, 11) is 0. The summed E-state index contributed by atoms with van der Waals surface area (Å²) < 4.78 is 26.6. The first-order valence-corrected chi connectivity index (χ1v) is 8.63. The quantitative estimate of drug-likeness (QED) is 0.415. The van der Waals surface area contributed by atoms with Gasteiger partial charge >= 0.3 is 0 Å². The van der Waals surface area contributed by atoms with E-state index in [1.807, 2.05) is 0 Å². The molecule has 1 aromatic carbocycles. The Morgan fingerprint density at radius 3 is 2.71 bits per heavy atom. The van der Waals surface area contributed by atoms with Gasteiger partial charge in [0.15, 0.2) is 0 Å². The number of benzene rings is 1. The lowest BCUT2D eigenvalue weighted by Crippen LogP contribution is -2.41. The summed E-state index contributed by atoms with van der Waals surface area (Å²) in [5, 5.41) is 13.8. The van der Waals surface area contributed by atoms with Crippen molar-refractivity contribution in [2.45, 2.75) is 5.75 Å². The Kier molecular flexibility index (Phi) is 6.79. The Balaban J connectivity index is 1.99. The molecule has 1 aliphatic rings. The summed E-state index contributed by atoms with van der Waals surface area (Å²) in [6, 6.07) is 3.80. The number of carbonyl (C=O) groups is 1. The first-order chi connectivity index (χ1) is 11.5. The van der Waals surface area contributed by atoms with Crippen LogP contribution in [0.15, 0.2) is 18.2 Å². The second kappa shape index (κ2) is 8.83. The van der Waals surface area contributed by atoms with Crippen LogP contribution in [0.4, 0.5) is 5.69 Å². The van der Waals surface area contributed by atoms with Gasteiger partial charge in [-0.2, -0.15) is 0 Å². The van der Waals surface area contributed by atoms with E-state index < -0.39 is 27.6 Å². The fourth-order valence-electron chi connectivity index (χ4n) is 2.39. The maximum absolute atomic E-state index is 12.2. The summed E-state index contributed by atoms with van der Waals surface area (Å²) in [6.07, 6.45) is 0. The SMILES string of the molecule is O=C(NCCN1CCOCC1)c1ccc(CS(=O)[O-])cc1[N+](=O)[O-]. The molecule has 0 bridgehead atoms. The Labute approximate surface area is 141 Å². The van der Waals surface area contributed by atoms with Gasteiger partial charge in [-0.1, -0.05) is 17.1 Å². The van der Waals surface area contributed by atoms with Gasteiger partial charge in [0, 0.05) is 38.0 Å². The Morgan fingerprint density at radius 2 is 2.08 bits per heavy atom. The summed E-state index contributed by atoms with van der Waals surface area (Å²) in [6.45, 7) is 3.89. The van der Waals surface area contributed by atoms with Crippen molar-refractivity contribution in [3.05, 3.63) is 39.4 Å². The lowest BCUT2D eigenvalue weighted by atomic mass is 10.1. The molecular weight excluding hydrogens is 338 g/mol. The second-order valence-electron chi connectivity index (χ2n) is 5.27. The van der Waals surface area contributed by atoms with Crippen molar-refractivity contribution >= 4 is 22.7 Å². The van der Waals surface area contributed by atoms with Crippen LogP contribution in [0, 0.1) is 10.1 Å². The smallest absolute Gasteiger partial charge is 0.282 e. The Morgan fingerprint density at radius 1 is 1.38 bits per heavy atom. The van der Waals surface area contributed by atoms with Crippen molar-refractivity contribution in [1.29, 1.82) is 0 Å². The zero-order valence-electron chi connectivity index (χ0n) is 12.9. The highest BCUT2D eigenvalue weighted by atomic mass is 32.2. The largest absolute Gasteiger partial charge is 0.772 e. The van der Waals surface area contributed by atoms with Crippen LogP contribution >= 0.6 is 0 Å². The predicted octanol–water partition coefficient (Wildman–Crippen LogP) is 0.0359. The zero-order chi connectivity index (χ0) is 17.5. The van der Waals surface area contributed by atoms with E-state index in [0.29, 0.717) is 26.3 Å². The first-order valence-electron chi connectivity index (χ1n) is 7.39. The van der Waals surface area contributed by atoms with Crippen molar-refractivity contribution in [2.75, 3.05) is 39.4 Å². The van der Waals surface area contributed by atoms with Crippen LogP contribution in [-0.2, 0) is 21.6 Å². The van der Waals surface area contributed by atoms with Gasteiger partial charge in [-0.05, 0) is 11.6 Å². The van der Waals surface area contributed by atoms with Crippen molar-refractivity contribution in [2.24, 2.45) is 0 Å². The fraction of sp³-hybridized carbons (Fsp3) is 0.500. The highest BCUT2D eigenvalue weighted by molar-refractivity contribution is 7.78. The molecule has 1 N–H and O–H groups in total. The minimum Gasteiger partial charge on any atom is -0.772 e. The molecule has 132 valence electrons. The third-order valence-electron chi connectivity index (χ3n) is 3.61. The standard InChI is InChI=1S/C14H19N3O6S/c18-14(15-3-4-16-5-7-23-8-6-16)12-2-1-11(10-24(21)22)9-13(12)17(19)20/h1-2,9H,3-8,10H2,(H,15,18)(H,21,22)/p-1. The maximum atomic E-state index is 12.2. The van der Waals surface area contributed by atoms with E-state index in [-0.39, 0.29) is 16.9 Å². The minimum absolute atomic E-state index is 0.0811. The van der Waals surface area contributed by atoms with Gasteiger partial charge in [0.05, 0.1) is 18.1 Å². The van der Waals surface area contributed by atoms with E-state index in [2.05, 4.69) is 10.2 Å². The highest BCUT2D eigenvalue weighted by Gasteiger charge is 2.21. The van der Waals surface area contributed by atoms with E-state index in [9.17, 15) is 23.7 Å². The fourth-order valence-corrected chi connectivity index (χ4v) is 2.85. The molecule has 0 aromatic heterocycles. The van der Waals surface area contributed by atoms with E-state index in [1.165, 1.54) is 12.1 Å². The number of amides is 1. The van der Waals surface area contributed by atoms with E-state index in [0.717, 1.165) is 19.2 Å². The van der Waals surface area contributed by atoms with E-state index in [4.69, 9.17) is 4.74 Å². The van der Waals surface area contributed by atoms with Crippen LogP contribution in [0.2, 0.25) is 0 Å². The molecule has 1 fully saturated rings. The highest BCUT2D eigenvalue weighted by Crippen LogP contribution is 2.21. The van der Waals surface area contributed by atoms with Crippen LogP contribution in [0.1, 0.15) is 15.9 Å². The van der Waals surface area contributed by atoms with Gasteiger partial charge in [0.1, 0.15) is 5.56 Å². The molecule has 0 radical (unpaired) electrons. The number of nitro benzene ring substituents is 1. The molecule has 9 nitrogen and oxygen atoms in total. The molecule has 1 saturated heterocycles. The van der Waals surface area contributed by atoms with Crippen molar-refractivity contribution < 1.29 is 23.2 Å². The predicted molar refractivity (Wildman–Crippen MR) is 85.3 cm³/mol. The molecule has 1 aromatic rings. The van der Waals surface area contributed by atoms with Crippen LogP contribution < -0.4 is 5.32 Å². The maximum Gasteiger partial charge on any atom is 0.282 e. The van der Waals surface area contributed by atoms with Crippen molar-refractivity contribution in [3.63, 3.8) is 0 Å². The molecular formula is C14H18N3O6S-. The van der Waals surface area contributed by atoms with Gasteiger partial charge in [-0.3, -0.25) is 24.0 Å². The number of carbonyl (C=O) groups excluding carboxylic acids is 1. The zero-order valence-corrected chi connectivity index (χ0v) is 13.8. The lowest BCUT2D eigenvalue weighted by molar-refractivity contribution is -0.385. The Bertz CT molecular complexity index is 633. The Hall–Kier alpha value is -1.88. The molecule has 0 aliphatic carbocycles. The number of ether oxygens (including phenoxy) is 1. The van der Waals surface area contributed by atoms with Crippen molar-refractivity contribution in [1.82, 2.24) is 10.2 Å². The summed E-state index contributed by atoms with van der Waals surface area (Å²) in [5.74, 6) is -0.885. The van der Waals surface area contributed by atoms with Crippen LogP contribution in [0.3, 0.4) is 0 Å². The van der Waals surface area contributed by atoms with Crippen LogP contribution in [0.25, 0.3) is 0 Å². The van der Waals surface area contributed by atoms with Gasteiger partial charge < -0.3 is 14.6 Å². The van der Waals surface area contributed by atoms with Crippen molar-refractivity contribution in [3.8, 4) is 0 Å². The number of nitro groups is 1. The van der Waals surface area contributed by atoms with Crippen LogP contribution in [-0.4, -0.2) is 63.9 Å². The number of nitrogens with zero attached hydrogens (tertiary/aromatic N) is 2. The second-order valence-corrected chi connectivity index (χ2v) is 6.16. The lowest BCUT2D eigenvalue weighted by Gasteiger charge is -2.26. The minimum atomic E-state index is -2.35. The van der Waals surface area contributed by atoms with Gasteiger partial charge in [0.25, 0.3) is 11.6 Å². The van der Waals surface area contributed by atoms with Crippen LogP contribution in [0.5, 0.6) is 0 Å². The third kappa shape index (κ3) is 5.34. The summed E-state index contributed by atoms with van der Waals surface area (Å²) in [5.41, 5.74) is -0.218.